The first-order valence-electron chi connectivity index (χ1n) is 4.48. The number of hydrogen-bond donors (Lipinski definition) is 0. The van der Waals surface area contributed by atoms with Gasteiger partial charge in [-0.1, -0.05) is 35.8 Å². The van der Waals surface area contributed by atoms with Crippen molar-refractivity contribution in [1.82, 2.24) is 0 Å². The van der Waals surface area contributed by atoms with Gasteiger partial charge in [0, 0.05) is 16.8 Å². The molecule has 0 aliphatic heterocycles. The minimum absolute atomic E-state index is 0.0618. The van der Waals surface area contributed by atoms with Crippen LogP contribution in [0, 0.1) is 11.2 Å². The Morgan fingerprint density at radius 1 is 1.43 bits per heavy atom. The molecule has 1 rings (SSSR count). The second-order valence-electron chi connectivity index (χ2n) is 4.04. The average Bonchev–Trinajstić information content (AvgIpc) is 2.15. The zero-order valence-corrected chi connectivity index (χ0v) is 9.97. The van der Waals surface area contributed by atoms with Crippen LogP contribution in [0.1, 0.15) is 13.8 Å². The van der Waals surface area contributed by atoms with E-state index in [2.05, 4.69) is 29.8 Å². The third-order valence-electron chi connectivity index (χ3n) is 1.79. The summed E-state index contributed by atoms with van der Waals surface area (Å²) in [5.74, 6) is 0.318. The lowest BCUT2D eigenvalue weighted by atomic mass is 9.98. The third kappa shape index (κ3) is 3.66. The molecule has 1 aromatic carbocycles. The summed E-state index contributed by atoms with van der Waals surface area (Å²) >= 11 is 3.40. The van der Waals surface area contributed by atoms with Gasteiger partial charge < -0.3 is 4.74 Å². The van der Waals surface area contributed by atoms with Crippen molar-refractivity contribution in [1.29, 1.82) is 0 Å². The number of rotatable bonds is 4. The summed E-state index contributed by atoms with van der Waals surface area (Å²) in [6.45, 7) is 4.74. The maximum atomic E-state index is 12.8. The molecule has 0 aromatic heterocycles. The standard InChI is InChI=1S/C11H14BrFO/c1-11(2,7-12)8-14-10-5-3-4-9(13)6-10/h3-6H,7-8H2,1-2H3. The monoisotopic (exact) mass is 260 g/mol. The molecule has 14 heavy (non-hydrogen) atoms. The average molecular weight is 261 g/mol. The summed E-state index contributed by atoms with van der Waals surface area (Å²) in [5, 5.41) is 0.856. The fraction of sp³-hybridized carbons (Fsp3) is 0.455. The van der Waals surface area contributed by atoms with Crippen LogP contribution in [0.4, 0.5) is 4.39 Å². The molecule has 3 heteroatoms. The summed E-state index contributed by atoms with van der Waals surface area (Å²) in [5.41, 5.74) is 0.0618. The van der Waals surface area contributed by atoms with Gasteiger partial charge in [-0.2, -0.15) is 0 Å². The molecule has 0 saturated carbocycles. The van der Waals surface area contributed by atoms with Crippen LogP contribution in [0.5, 0.6) is 5.75 Å². The highest BCUT2D eigenvalue weighted by molar-refractivity contribution is 9.09. The van der Waals surface area contributed by atoms with Crippen molar-refractivity contribution in [3.63, 3.8) is 0 Å². The molecular formula is C11H14BrFO. The van der Waals surface area contributed by atoms with Crippen molar-refractivity contribution >= 4 is 15.9 Å². The highest BCUT2D eigenvalue weighted by Crippen LogP contribution is 2.21. The summed E-state index contributed by atoms with van der Waals surface area (Å²) in [4.78, 5) is 0. The molecule has 0 aliphatic rings. The summed E-state index contributed by atoms with van der Waals surface area (Å²) in [6.07, 6.45) is 0. The SMILES string of the molecule is CC(C)(CBr)COc1cccc(F)c1. The van der Waals surface area contributed by atoms with E-state index in [1.165, 1.54) is 12.1 Å². The van der Waals surface area contributed by atoms with E-state index in [0.29, 0.717) is 12.4 Å². The molecule has 0 radical (unpaired) electrons. The predicted molar refractivity (Wildman–Crippen MR) is 59.5 cm³/mol. The quantitative estimate of drug-likeness (QED) is 0.752. The first-order chi connectivity index (χ1) is 6.53. The lowest BCUT2D eigenvalue weighted by Gasteiger charge is -2.21. The van der Waals surface area contributed by atoms with E-state index in [4.69, 9.17) is 4.74 Å². The Hall–Kier alpha value is -0.570. The fourth-order valence-electron chi connectivity index (χ4n) is 0.874. The van der Waals surface area contributed by atoms with Gasteiger partial charge in [0.15, 0.2) is 0 Å². The fourth-order valence-corrected chi connectivity index (χ4v) is 1.04. The van der Waals surface area contributed by atoms with E-state index in [0.717, 1.165) is 5.33 Å². The first-order valence-corrected chi connectivity index (χ1v) is 5.60. The Kier molecular flexibility index (Phi) is 3.93. The third-order valence-corrected chi connectivity index (χ3v) is 3.31. The molecule has 0 amide bonds. The Bertz CT molecular complexity index is 299. The summed E-state index contributed by atoms with van der Waals surface area (Å²) < 4.78 is 18.3. The Morgan fingerprint density at radius 2 is 2.14 bits per heavy atom. The van der Waals surface area contributed by atoms with Gasteiger partial charge in [0.25, 0.3) is 0 Å². The number of alkyl halides is 1. The highest BCUT2D eigenvalue weighted by atomic mass is 79.9. The van der Waals surface area contributed by atoms with Gasteiger partial charge in [-0.15, -0.1) is 0 Å². The van der Waals surface area contributed by atoms with Gasteiger partial charge in [-0.3, -0.25) is 0 Å². The van der Waals surface area contributed by atoms with Crippen LogP contribution >= 0.6 is 15.9 Å². The van der Waals surface area contributed by atoms with Crippen LogP contribution in [-0.2, 0) is 0 Å². The van der Waals surface area contributed by atoms with Crippen molar-refractivity contribution in [2.45, 2.75) is 13.8 Å². The molecule has 0 saturated heterocycles. The molecule has 0 spiro atoms. The molecule has 1 aromatic rings. The molecule has 0 heterocycles. The maximum absolute atomic E-state index is 12.8. The normalized spacial score (nSPS) is 11.4. The predicted octanol–water partition coefficient (Wildman–Crippen LogP) is 3.63. The van der Waals surface area contributed by atoms with Crippen molar-refractivity contribution < 1.29 is 9.13 Å². The van der Waals surface area contributed by atoms with Crippen LogP contribution in [0.25, 0.3) is 0 Å². The van der Waals surface area contributed by atoms with E-state index >= 15 is 0 Å². The molecule has 1 nitrogen and oxygen atoms in total. The van der Waals surface area contributed by atoms with Crippen LogP contribution in [0.3, 0.4) is 0 Å². The summed E-state index contributed by atoms with van der Waals surface area (Å²) in [7, 11) is 0. The number of hydrogen-bond acceptors (Lipinski definition) is 1. The minimum Gasteiger partial charge on any atom is -0.493 e. The summed E-state index contributed by atoms with van der Waals surface area (Å²) in [6, 6.07) is 6.20. The van der Waals surface area contributed by atoms with E-state index in [1.54, 1.807) is 12.1 Å². The van der Waals surface area contributed by atoms with E-state index in [9.17, 15) is 4.39 Å². The number of halogens is 2. The van der Waals surface area contributed by atoms with Gasteiger partial charge in [0.2, 0.25) is 0 Å². The van der Waals surface area contributed by atoms with E-state index in [1.807, 2.05) is 0 Å². The molecule has 0 atom stereocenters. The van der Waals surface area contributed by atoms with E-state index in [-0.39, 0.29) is 11.2 Å². The molecule has 0 bridgehead atoms. The first kappa shape index (κ1) is 11.5. The van der Waals surface area contributed by atoms with Crippen LogP contribution in [0.2, 0.25) is 0 Å². The Morgan fingerprint density at radius 3 is 2.71 bits per heavy atom. The molecule has 0 aliphatic carbocycles. The van der Waals surface area contributed by atoms with Crippen molar-refractivity contribution in [3.8, 4) is 5.75 Å². The number of benzene rings is 1. The van der Waals surface area contributed by atoms with Crippen molar-refractivity contribution in [2.75, 3.05) is 11.9 Å². The zero-order chi connectivity index (χ0) is 10.6. The molecule has 78 valence electrons. The Labute approximate surface area is 92.4 Å². The zero-order valence-electron chi connectivity index (χ0n) is 8.39. The van der Waals surface area contributed by atoms with E-state index < -0.39 is 0 Å². The minimum atomic E-state index is -0.265. The highest BCUT2D eigenvalue weighted by Gasteiger charge is 2.16. The van der Waals surface area contributed by atoms with Gasteiger partial charge in [-0.25, -0.2) is 4.39 Å². The molecule has 0 fully saturated rings. The smallest absolute Gasteiger partial charge is 0.126 e. The van der Waals surface area contributed by atoms with Gasteiger partial charge in [-0.05, 0) is 12.1 Å². The lowest BCUT2D eigenvalue weighted by molar-refractivity contribution is 0.202. The largest absolute Gasteiger partial charge is 0.493 e. The van der Waals surface area contributed by atoms with Crippen LogP contribution in [-0.4, -0.2) is 11.9 Å². The second kappa shape index (κ2) is 4.78. The Balaban J connectivity index is 2.54. The van der Waals surface area contributed by atoms with Crippen molar-refractivity contribution in [3.05, 3.63) is 30.1 Å². The molecular weight excluding hydrogens is 247 g/mol. The van der Waals surface area contributed by atoms with Crippen LogP contribution < -0.4 is 4.74 Å². The topological polar surface area (TPSA) is 9.23 Å². The van der Waals surface area contributed by atoms with Crippen molar-refractivity contribution in [2.24, 2.45) is 5.41 Å². The number of ether oxygens (including phenoxy) is 1. The molecule has 0 unspecified atom stereocenters. The van der Waals surface area contributed by atoms with Crippen LogP contribution in [0.15, 0.2) is 24.3 Å². The lowest BCUT2D eigenvalue weighted by Crippen LogP contribution is -2.22. The van der Waals surface area contributed by atoms with Gasteiger partial charge in [0.1, 0.15) is 11.6 Å². The van der Waals surface area contributed by atoms with Gasteiger partial charge in [0.05, 0.1) is 6.61 Å². The second-order valence-corrected chi connectivity index (χ2v) is 4.60. The maximum Gasteiger partial charge on any atom is 0.126 e. The molecule has 0 N–H and O–H groups in total. The van der Waals surface area contributed by atoms with Gasteiger partial charge >= 0.3 is 0 Å².